The molecule has 5 heteroatoms. The van der Waals surface area contributed by atoms with Crippen molar-refractivity contribution in [3.63, 3.8) is 0 Å². The molecule has 0 bridgehead atoms. The summed E-state index contributed by atoms with van der Waals surface area (Å²) < 4.78 is 29.0. The van der Waals surface area contributed by atoms with Crippen LogP contribution in [0.3, 0.4) is 0 Å². The molecule has 0 aromatic rings. The van der Waals surface area contributed by atoms with E-state index in [0.29, 0.717) is 0 Å². The number of rotatable bonds is 1. The van der Waals surface area contributed by atoms with Crippen LogP contribution in [0.5, 0.6) is 0 Å². The first-order valence-corrected chi connectivity index (χ1v) is 2.86. The number of halogens is 4. The van der Waals surface area contributed by atoms with Gasteiger partial charge < -0.3 is 5.48 Å². The van der Waals surface area contributed by atoms with Crippen LogP contribution in [-0.2, 0) is 0 Å². The van der Waals surface area contributed by atoms with E-state index < -0.39 is 6.68 Å². The minimum absolute atomic E-state index is 0. The molecule has 0 amide bonds. The van der Waals surface area contributed by atoms with Gasteiger partial charge >= 0.3 is 6.68 Å². The van der Waals surface area contributed by atoms with Crippen LogP contribution in [0.4, 0.5) is 13.2 Å². The number of hydrogen-bond donors (Lipinski definition) is 0. The van der Waals surface area contributed by atoms with E-state index in [1.165, 1.54) is 0 Å². The van der Waals surface area contributed by atoms with Crippen LogP contribution in [0.15, 0.2) is 12.7 Å². The van der Waals surface area contributed by atoms with Crippen LogP contribution < -0.4 is 0 Å². The lowest BCUT2D eigenvalue weighted by atomic mass is 10.8. The van der Waals surface area contributed by atoms with Crippen molar-refractivity contribution in [2.45, 2.75) is 6.68 Å². The highest BCUT2D eigenvalue weighted by Crippen LogP contribution is 1.87. The van der Waals surface area contributed by atoms with Gasteiger partial charge in [-0.2, -0.15) is 13.2 Å². The molecule has 0 heterocycles. The van der Waals surface area contributed by atoms with Crippen LogP contribution in [-0.4, -0.2) is 17.5 Å². The van der Waals surface area contributed by atoms with Crippen molar-refractivity contribution in [1.82, 2.24) is 0 Å². The van der Waals surface area contributed by atoms with Gasteiger partial charge in [-0.25, -0.2) is 0 Å². The van der Waals surface area contributed by atoms with Gasteiger partial charge in [0.1, 0.15) is 0 Å². The van der Waals surface area contributed by atoms with E-state index in [1.807, 2.05) is 0 Å². The van der Waals surface area contributed by atoms with Gasteiger partial charge in [0.25, 0.3) is 0 Å². The Bertz CT molecular complexity index is 48.3. The van der Waals surface area contributed by atoms with Gasteiger partial charge in [-0.05, 0) is 0 Å². The average Bonchev–Trinajstić information content (AvgIpc) is 1.65. The molecule has 0 aliphatic carbocycles. The second-order valence-corrected chi connectivity index (χ2v) is 1.34. The largest absolute Gasteiger partial charge is 0.412 e. The Kier molecular flexibility index (Phi) is 27.8. The Morgan fingerprint density at radius 3 is 1.56 bits per heavy atom. The average molecular weight is 209 g/mol. The molecule has 58 valence electrons. The summed E-state index contributed by atoms with van der Waals surface area (Å²) in [5.41, 5.74) is 0. The smallest absolute Gasteiger partial charge is 0.379 e. The maximum atomic E-state index is 9.67. The van der Waals surface area contributed by atoms with Crippen molar-refractivity contribution >= 4 is 15.9 Å². The first-order valence-electron chi connectivity index (χ1n) is 1.74. The van der Waals surface area contributed by atoms with Crippen LogP contribution in [0.2, 0.25) is 0 Å². The zero-order chi connectivity index (χ0) is 6.99. The molecule has 0 aromatic heterocycles. The summed E-state index contributed by atoms with van der Waals surface area (Å²) >= 11 is 3.13. The highest BCUT2D eigenvalue weighted by Gasteiger charge is 1.86. The quantitative estimate of drug-likeness (QED) is 0.466. The van der Waals surface area contributed by atoms with Crippen molar-refractivity contribution in [2.75, 3.05) is 5.33 Å². The Morgan fingerprint density at radius 1 is 1.44 bits per heavy atom. The minimum atomic E-state index is -3.67. The summed E-state index contributed by atoms with van der Waals surface area (Å²) in [4.78, 5) is 0. The molecule has 0 spiro atoms. The first kappa shape index (κ1) is 16.0. The third-order valence-electron chi connectivity index (χ3n) is 0.109. The zero-order valence-corrected chi connectivity index (χ0v) is 6.17. The molecular weight excluding hydrogens is 201 g/mol. The summed E-state index contributed by atoms with van der Waals surface area (Å²) in [5, 5.41) is 0.896. The highest BCUT2D eigenvalue weighted by molar-refractivity contribution is 9.09. The fourth-order valence-electron chi connectivity index (χ4n) is 0. The minimum Gasteiger partial charge on any atom is -0.412 e. The summed E-state index contributed by atoms with van der Waals surface area (Å²) in [5.74, 6) is 0. The van der Waals surface area contributed by atoms with Crippen molar-refractivity contribution in [3.05, 3.63) is 12.7 Å². The molecule has 1 nitrogen and oxygen atoms in total. The van der Waals surface area contributed by atoms with Crippen LogP contribution in [0.25, 0.3) is 0 Å². The molecule has 9 heavy (non-hydrogen) atoms. The van der Waals surface area contributed by atoms with Gasteiger partial charge in [0.2, 0.25) is 0 Å². The Balaban J connectivity index is -0.0000000720. The Labute approximate surface area is 60.0 Å². The molecular formula is C4H8BrF3O. The third-order valence-corrected chi connectivity index (χ3v) is 0.567. The molecule has 2 N–H and O–H groups in total. The molecule has 0 unspecified atom stereocenters. The van der Waals surface area contributed by atoms with Crippen molar-refractivity contribution in [3.8, 4) is 0 Å². The van der Waals surface area contributed by atoms with Gasteiger partial charge in [0.15, 0.2) is 0 Å². The van der Waals surface area contributed by atoms with Gasteiger partial charge in [0, 0.05) is 5.33 Å². The zero-order valence-electron chi connectivity index (χ0n) is 4.58. The van der Waals surface area contributed by atoms with Gasteiger partial charge in [-0.15, -0.1) is 6.58 Å². The van der Waals surface area contributed by atoms with E-state index in [0.717, 1.165) is 5.33 Å². The van der Waals surface area contributed by atoms with Gasteiger partial charge in [-0.3, -0.25) is 0 Å². The topological polar surface area (TPSA) is 31.5 Å². The van der Waals surface area contributed by atoms with Gasteiger partial charge in [-0.1, -0.05) is 22.0 Å². The van der Waals surface area contributed by atoms with Crippen molar-refractivity contribution < 1.29 is 18.6 Å². The molecule has 0 atom stereocenters. The van der Waals surface area contributed by atoms with E-state index in [-0.39, 0.29) is 5.48 Å². The summed E-state index contributed by atoms with van der Waals surface area (Å²) in [6, 6.07) is 0. The fourth-order valence-corrected chi connectivity index (χ4v) is 0. The van der Waals surface area contributed by atoms with Crippen LogP contribution in [0.1, 0.15) is 0 Å². The molecule has 0 aromatic carbocycles. The van der Waals surface area contributed by atoms with Crippen LogP contribution in [0, 0.1) is 0 Å². The van der Waals surface area contributed by atoms with E-state index in [4.69, 9.17) is 0 Å². The summed E-state index contributed by atoms with van der Waals surface area (Å²) in [6.07, 6.45) is 1.79. The Morgan fingerprint density at radius 2 is 1.56 bits per heavy atom. The fraction of sp³-hybridized carbons (Fsp3) is 0.500. The Hall–Kier alpha value is -0.0300. The lowest BCUT2D eigenvalue weighted by Gasteiger charge is -1.65. The third kappa shape index (κ3) is 302. The molecule has 0 saturated heterocycles. The molecule has 0 saturated carbocycles. The van der Waals surface area contributed by atoms with Crippen molar-refractivity contribution in [2.24, 2.45) is 0 Å². The maximum absolute atomic E-state index is 9.67. The lowest BCUT2D eigenvalue weighted by molar-refractivity contribution is 0.00819. The molecule has 0 aliphatic heterocycles. The molecule has 0 rings (SSSR count). The number of hydrogen-bond acceptors (Lipinski definition) is 0. The molecule has 0 aliphatic rings. The first-order chi connectivity index (χ1) is 3.65. The summed E-state index contributed by atoms with van der Waals surface area (Å²) in [7, 11) is 0. The van der Waals surface area contributed by atoms with E-state index >= 15 is 0 Å². The summed E-state index contributed by atoms with van der Waals surface area (Å²) in [6.45, 7) is -0.234. The van der Waals surface area contributed by atoms with Crippen molar-refractivity contribution in [1.29, 1.82) is 0 Å². The van der Waals surface area contributed by atoms with E-state index in [2.05, 4.69) is 22.5 Å². The molecule has 0 radical (unpaired) electrons. The number of allylic oxidation sites excluding steroid dienone is 1. The predicted molar refractivity (Wildman–Crippen MR) is 34.7 cm³/mol. The number of alkyl halides is 4. The van der Waals surface area contributed by atoms with Gasteiger partial charge in [0.05, 0.1) is 0 Å². The van der Waals surface area contributed by atoms with E-state index in [9.17, 15) is 13.2 Å². The SMILES string of the molecule is C=CCBr.FC(F)F.O. The highest BCUT2D eigenvalue weighted by atomic mass is 79.9. The monoisotopic (exact) mass is 208 g/mol. The maximum Gasteiger partial charge on any atom is 0.379 e. The lowest BCUT2D eigenvalue weighted by Crippen LogP contribution is -1.65. The standard InChI is InChI=1S/C3H5Br.CHF3.H2O/c1-2-3-4;2-1(3)4;/h2H,1,3H2;1H;1H2. The van der Waals surface area contributed by atoms with E-state index in [1.54, 1.807) is 6.08 Å². The second kappa shape index (κ2) is 15.7. The predicted octanol–water partition coefficient (Wildman–Crippen LogP) is 1.92. The second-order valence-electron chi connectivity index (χ2n) is 0.690. The normalized spacial score (nSPS) is 6.78. The van der Waals surface area contributed by atoms with Crippen LogP contribution >= 0.6 is 15.9 Å². The molecule has 0 fully saturated rings.